The lowest BCUT2D eigenvalue weighted by molar-refractivity contribution is -0.152. The molecule has 0 bridgehead atoms. The first-order valence-corrected chi connectivity index (χ1v) is 6.99. The van der Waals surface area contributed by atoms with Crippen molar-refractivity contribution in [2.45, 2.75) is 58.9 Å². The van der Waals surface area contributed by atoms with Crippen LogP contribution >= 0.6 is 0 Å². The Labute approximate surface area is 109 Å². The highest BCUT2D eigenvalue weighted by Gasteiger charge is 2.32. The van der Waals surface area contributed by atoms with E-state index >= 15 is 0 Å². The molecule has 1 rings (SSSR count). The molecule has 1 aliphatic rings. The molecule has 0 spiro atoms. The Hall–Kier alpha value is -1.06. The number of hydrogen-bond donors (Lipinski definition) is 1. The summed E-state index contributed by atoms with van der Waals surface area (Å²) in [5.41, 5.74) is 0. The van der Waals surface area contributed by atoms with Gasteiger partial charge in [0.2, 0.25) is 5.91 Å². The van der Waals surface area contributed by atoms with Gasteiger partial charge < -0.3 is 10.0 Å². The molecule has 4 nitrogen and oxygen atoms in total. The second kappa shape index (κ2) is 6.76. The Kier molecular flexibility index (Phi) is 5.63. The second-order valence-corrected chi connectivity index (χ2v) is 5.55. The van der Waals surface area contributed by atoms with Crippen LogP contribution in [-0.2, 0) is 9.59 Å². The Balaban J connectivity index is 2.65. The Bertz CT molecular complexity index is 301. The maximum absolute atomic E-state index is 12.2. The van der Waals surface area contributed by atoms with E-state index in [0.29, 0.717) is 31.2 Å². The van der Waals surface area contributed by atoms with Crippen LogP contribution in [0.25, 0.3) is 0 Å². The average Bonchev–Trinajstić information content (AvgIpc) is 2.35. The highest BCUT2D eigenvalue weighted by molar-refractivity contribution is 5.84. The standard InChI is InChI=1S/C14H25NO3/c1-4-11(10(2)3)9-13(16)15-8-6-5-7-12(15)14(17)18/h10-12H,4-9H2,1-3H3,(H,17,18)/t11?,12-/m1/s1. The Morgan fingerprint density at radius 2 is 2.00 bits per heavy atom. The molecule has 0 aromatic heterocycles. The predicted octanol–water partition coefficient (Wildman–Crippen LogP) is 2.52. The fourth-order valence-corrected chi connectivity index (χ4v) is 2.68. The zero-order chi connectivity index (χ0) is 13.7. The van der Waals surface area contributed by atoms with E-state index in [1.54, 1.807) is 4.90 Å². The molecule has 18 heavy (non-hydrogen) atoms. The molecule has 4 heteroatoms. The molecule has 1 amide bonds. The van der Waals surface area contributed by atoms with E-state index in [2.05, 4.69) is 20.8 Å². The summed E-state index contributed by atoms with van der Waals surface area (Å²) in [6, 6.07) is -0.601. The minimum absolute atomic E-state index is 0.0163. The second-order valence-electron chi connectivity index (χ2n) is 5.55. The van der Waals surface area contributed by atoms with Crippen LogP contribution in [-0.4, -0.2) is 34.5 Å². The zero-order valence-electron chi connectivity index (χ0n) is 11.7. The summed E-state index contributed by atoms with van der Waals surface area (Å²) in [7, 11) is 0. The number of rotatable bonds is 5. The third kappa shape index (κ3) is 3.72. The van der Waals surface area contributed by atoms with E-state index in [0.717, 1.165) is 19.3 Å². The van der Waals surface area contributed by atoms with E-state index in [4.69, 9.17) is 5.11 Å². The predicted molar refractivity (Wildman–Crippen MR) is 70.2 cm³/mol. The molecule has 2 atom stereocenters. The van der Waals surface area contributed by atoms with Gasteiger partial charge in [0.1, 0.15) is 6.04 Å². The van der Waals surface area contributed by atoms with Crippen molar-refractivity contribution in [1.29, 1.82) is 0 Å². The Morgan fingerprint density at radius 1 is 1.33 bits per heavy atom. The van der Waals surface area contributed by atoms with Crippen molar-refractivity contribution >= 4 is 11.9 Å². The van der Waals surface area contributed by atoms with Crippen LogP contribution in [0.1, 0.15) is 52.9 Å². The number of hydrogen-bond acceptors (Lipinski definition) is 2. The number of nitrogens with zero attached hydrogens (tertiary/aromatic N) is 1. The lowest BCUT2D eigenvalue weighted by atomic mass is 9.89. The van der Waals surface area contributed by atoms with E-state index in [-0.39, 0.29) is 5.91 Å². The lowest BCUT2D eigenvalue weighted by Gasteiger charge is -2.34. The summed E-state index contributed by atoms with van der Waals surface area (Å²) in [4.78, 5) is 25.0. The third-order valence-corrected chi connectivity index (χ3v) is 4.01. The first-order valence-electron chi connectivity index (χ1n) is 6.99. The third-order valence-electron chi connectivity index (χ3n) is 4.01. The van der Waals surface area contributed by atoms with Gasteiger partial charge in [-0.15, -0.1) is 0 Å². The molecule has 1 N–H and O–H groups in total. The number of likely N-dealkylation sites (tertiary alicyclic amines) is 1. The minimum atomic E-state index is -0.861. The van der Waals surface area contributed by atoms with Crippen LogP contribution in [0.5, 0.6) is 0 Å². The molecule has 0 saturated carbocycles. The molecule has 0 aromatic carbocycles. The van der Waals surface area contributed by atoms with Crippen molar-refractivity contribution in [2.75, 3.05) is 6.54 Å². The summed E-state index contributed by atoms with van der Waals surface area (Å²) in [5.74, 6) is -0.0239. The van der Waals surface area contributed by atoms with Crippen molar-refractivity contribution in [3.8, 4) is 0 Å². The van der Waals surface area contributed by atoms with Crippen molar-refractivity contribution in [1.82, 2.24) is 4.90 Å². The monoisotopic (exact) mass is 255 g/mol. The first-order chi connectivity index (χ1) is 8.47. The van der Waals surface area contributed by atoms with Gasteiger partial charge in [-0.05, 0) is 31.1 Å². The highest BCUT2D eigenvalue weighted by Crippen LogP contribution is 2.23. The van der Waals surface area contributed by atoms with Gasteiger partial charge in [-0.3, -0.25) is 4.79 Å². The average molecular weight is 255 g/mol. The van der Waals surface area contributed by atoms with Crippen LogP contribution in [0.4, 0.5) is 0 Å². The summed E-state index contributed by atoms with van der Waals surface area (Å²) in [6.07, 6.45) is 3.88. The SMILES string of the molecule is CCC(CC(=O)N1CCCC[C@@H]1C(=O)O)C(C)C. The molecule has 1 aliphatic heterocycles. The number of carboxylic acid groups (broad SMARTS) is 1. The van der Waals surface area contributed by atoms with Gasteiger partial charge in [-0.2, -0.15) is 0 Å². The van der Waals surface area contributed by atoms with E-state index in [9.17, 15) is 9.59 Å². The van der Waals surface area contributed by atoms with Crippen molar-refractivity contribution < 1.29 is 14.7 Å². The molecule has 0 aromatic rings. The van der Waals surface area contributed by atoms with Crippen LogP contribution in [0.2, 0.25) is 0 Å². The molecular formula is C14H25NO3. The Morgan fingerprint density at radius 3 is 2.50 bits per heavy atom. The summed E-state index contributed by atoms with van der Waals surface area (Å²) in [6.45, 7) is 6.92. The maximum Gasteiger partial charge on any atom is 0.326 e. The van der Waals surface area contributed by atoms with Crippen molar-refractivity contribution in [2.24, 2.45) is 11.8 Å². The summed E-state index contributed by atoms with van der Waals surface area (Å²) < 4.78 is 0. The van der Waals surface area contributed by atoms with Crippen LogP contribution in [0.3, 0.4) is 0 Å². The molecule has 0 radical (unpaired) electrons. The van der Waals surface area contributed by atoms with Crippen LogP contribution < -0.4 is 0 Å². The minimum Gasteiger partial charge on any atom is -0.480 e. The lowest BCUT2D eigenvalue weighted by Crippen LogP contribution is -2.48. The van der Waals surface area contributed by atoms with E-state index in [1.165, 1.54) is 0 Å². The fourth-order valence-electron chi connectivity index (χ4n) is 2.68. The van der Waals surface area contributed by atoms with Gasteiger partial charge in [0.25, 0.3) is 0 Å². The van der Waals surface area contributed by atoms with Gasteiger partial charge in [-0.25, -0.2) is 4.79 Å². The number of carbonyl (C=O) groups excluding carboxylic acids is 1. The fraction of sp³-hybridized carbons (Fsp3) is 0.857. The maximum atomic E-state index is 12.2. The molecule has 1 fully saturated rings. The highest BCUT2D eigenvalue weighted by atomic mass is 16.4. The van der Waals surface area contributed by atoms with E-state index < -0.39 is 12.0 Å². The summed E-state index contributed by atoms with van der Waals surface area (Å²) >= 11 is 0. The van der Waals surface area contributed by atoms with Gasteiger partial charge in [-0.1, -0.05) is 27.2 Å². The van der Waals surface area contributed by atoms with Crippen molar-refractivity contribution in [3.63, 3.8) is 0 Å². The molecule has 0 aliphatic carbocycles. The van der Waals surface area contributed by atoms with Gasteiger partial charge in [0.15, 0.2) is 0 Å². The van der Waals surface area contributed by atoms with Gasteiger partial charge in [0, 0.05) is 13.0 Å². The molecule has 1 saturated heterocycles. The quantitative estimate of drug-likeness (QED) is 0.821. The number of carboxylic acids is 1. The first kappa shape index (κ1) is 15.0. The number of carbonyl (C=O) groups is 2. The van der Waals surface area contributed by atoms with Gasteiger partial charge in [0.05, 0.1) is 0 Å². The molecule has 1 unspecified atom stereocenters. The smallest absolute Gasteiger partial charge is 0.326 e. The topological polar surface area (TPSA) is 57.6 Å². The normalized spacial score (nSPS) is 22.0. The van der Waals surface area contributed by atoms with Crippen molar-refractivity contribution in [3.05, 3.63) is 0 Å². The largest absolute Gasteiger partial charge is 0.480 e. The van der Waals surface area contributed by atoms with E-state index in [1.807, 2.05) is 0 Å². The van der Waals surface area contributed by atoms with Crippen LogP contribution in [0, 0.1) is 11.8 Å². The summed E-state index contributed by atoms with van der Waals surface area (Å²) in [5, 5.41) is 9.16. The molecule has 104 valence electrons. The van der Waals surface area contributed by atoms with Gasteiger partial charge >= 0.3 is 5.97 Å². The van der Waals surface area contributed by atoms with Crippen LogP contribution in [0.15, 0.2) is 0 Å². The molecule has 1 heterocycles. The number of piperidine rings is 1. The number of amides is 1. The number of aliphatic carboxylic acids is 1. The molecular weight excluding hydrogens is 230 g/mol. The zero-order valence-corrected chi connectivity index (χ0v) is 11.7.